The van der Waals surface area contributed by atoms with Crippen molar-refractivity contribution < 1.29 is 8.78 Å². The molecule has 1 rings (SSSR count). The molecule has 0 spiro atoms. The quantitative estimate of drug-likeness (QED) is 0.493. The number of alkyl halides is 2. The van der Waals surface area contributed by atoms with Crippen LogP contribution in [-0.2, 0) is 0 Å². The molecule has 0 nitrogen and oxygen atoms in total. The molecule has 0 aromatic carbocycles. The van der Waals surface area contributed by atoms with Crippen molar-refractivity contribution in [1.29, 1.82) is 0 Å². The first-order valence-corrected chi connectivity index (χ1v) is 2.61. The fourth-order valence-electron chi connectivity index (χ4n) is 0.750. The van der Waals surface area contributed by atoms with Gasteiger partial charge in [-0.1, -0.05) is 6.08 Å². The molecule has 45 valence electrons. The third-order valence-electron chi connectivity index (χ3n) is 1.21. The lowest BCUT2D eigenvalue weighted by Gasteiger charge is -1.94. The zero-order chi connectivity index (χ0) is 5.98. The van der Waals surface area contributed by atoms with E-state index in [0.29, 0.717) is 6.42 Å². The molecule has 2 heteroatoms. The lowest BCUT2D eigenvalue weighted by molar-refractivity contribution is 0.186. The topological polar surface area (TPSA) is 0 Å². The third kappa shape index (κ3) is 1.05. The van der Waals surface area contributed by atoms with E-state index < -0.39 is 6.43 Å². The average Bonchev–Trinajstić information content (AvgIpc) is 2.12. The predicted molar refractivity (Wildman–Crippen MR) is 27.6 cm³/mol. The summed E-state index contributed by atoms with van der Waals surface area (Å²) in [6, 6.07) is 0. The minimum absolute atomic E-state index is 0.282. The molecule has 0 N–H and O–H groups in total. The smallest absolute Gasteiger partial charge is 0.205 e. The fraction of sp³-hybridized carbons (Fsp3) is 0.500. The first kappa shape index (κ1) is 5.73. The van der Waals surface area contributed by atoms with Crippen LogP contribution in [0.5, 0.6) is 0 Å². The van der Waals surface area contributed by atoms with E-state index in [1.807, 2.05) is 0 Å². The van der Waals surface area contributed by atoms with Gasteiger partial charge in [-0.3, -0.25) is 0 Å². The van der Waals surface area contributed by atoms with Gasteiger partial charge in [0.1, 0.15) is 0 Å². The Morgan fingerprint density at radius 3 is 2.50 bits per heavy atom. The SMILES string of the molecule is FC(F)C1=C[CH]CC1. The van der Waals surface area contributed by atoms with Crippen LogP contribution in [0.3, 0.4) is 0 Å². The summed E-state index contributed by atoms with van der Waals surface area (Å²) >= 11 is 0. The summed E-state index contributed by atoms with van der Waals surface area (Å²) in [5, 5.41) is 0. The van der Waals surface area contributed by atoms with E-state index in [1.54, 1.807) is 6.42 Å². The summed E-state index contributed by atoms with van der Waals surface area (Å²) in [7, 11) is 0. The Hall–Kier alpha value is -0.400. The van der Waals surface area contributed by atoms with Gasteiger partial charge in [-0.05, 0) is 24.8 Å². The molecule has 0 amide bonds. The number of halogens is 2. The van der Waals surface area contributed by atoms with Crippen LogP contribution in [0, 0.1) is 6.42 Å². The van der Waals surface area contributed by atoms with Crippen molar-refractivity contribution in [3.63, 3.8) is 0 Å². The molecule has 1 aliphatic carbocycles. The lowest BCUT2D eigenvalue weighted by Crippen LogP contribution is -1.91. The van der Waals surface area contributed by atoms with E-state index in [4.69, 9.17) is 0 Å². The van der Waals surface area contributed by atoms with Crippen LogP contribution in [0.15, 0.2) is 11.6 Å². The van der Waals surface area contributed by atoms with Crippen LogP contribution in [0.4, 0.5) is 8.78 Å². The molecule has 0 unspecified atom stereocenters. The van der Waals surface area contributed by atoms with Gasteiger partial charge in [-0.2, -0.15) is 0 Å². The van der Waals surface area contributed by atoms with Crippen LogP contribution in [0.1, 0.15) is 12.8 Å². The summed E-state index contributed by atoms with van der Waals surface area (Å²) in [5.41, 5.74) is 0.282. The normalized spacial score (nSPS) is 19.6. The molecule has 1 aliphatic rings. The summed E-state index contributed by atoms with van der Waals surface area (Å²) < 4.78 is 23.3. The third-order valence-corrected chi connectivity index (χ3v) is 1.21. The Morgan fingerprint density at radius 2 is 2.25 bits per heavy atom. The Kier molecular flexibility index (Phi) is 1.61. The van der Waals surface area contributed by atoms with E-state index in [1.165, 1.54) is 6.08 Å². The molecule has 0 saturated carbocycles. The Balaban J connectivity index is 2.45. The van der Waals surface area contributed by atoms with Gasteiger partial charge in [-0.15, -0.1) is 0 Å². The summed E-state index contributed by atoms with van der Waals surface area (Å²) in [5.74, 6) is 0. The second kappa shape index (κ2) is 2.25. The largest absolute Gasteiger partial charge is 0.259 e. The van der Waals surface area contributed by atoms with Gasteiger partial charge in [0, 0.05) is 0 Å². The van der Waals surface area contributed by atoms with Crippen molar-refractivity contribution in [1.82, 2.24) is 0 Å². The van der Waals surface area contributed by atoms with Gasteiger partial charge in [0.2, 0.25) is 0 Å². The standard InChI is InChI=1S/C6H7F2/c7-6(8)5-3-1-2-4-5/h1,3,6H,2,4H2. The fourth-order valence-corrected chi connectivity index (χ4v) is 0.750. The molecule has 0 atom stereocenters. The van der Waals surface area contributed by atoms with E-state index in [-0.39, 0.29) is 5.57 Å². The Morgan fingerprint density at radius 1 is 1.50 bits per heavy atom. The maximum atomic E-state index is 11.7. The predicted octanol–water partition coefficient (Wildman–Crippen LogP) is 2.18. The lowest BCUT2D eigenvalue weighted by atomic mass is 10.2. The molecule has 0 saturated heterocycles. The van der Waals surface area contributed by atoms with Gasteiger partial charge >= 0.3 is 0 Å². The molecule has 0 aromatic rings. The Bertz CT molecular complexity index is 105. The zero-order valence-electron chi connectivity index (χ0n) is 4.40. The number of rotatable bonds is 1. The highest BCUT2D eigenvalue weighted by Gasteiger charge is 2.13. The van der Waals surface area contributed by atoms with Gasteiger partial charge in [-0.25, -0.2) is 8.78 Å². The van der Waals surface area contributed by atoms with E-state index in [9.17, 15) is 8.78 Å². The second-order valence-corrected chi connectivity index (χ2v) is 1.82. The minimum Gasteiger partial charge on any atom is -0.205 e. The zero-order valence-corrected chi connectivity index (χ0v) is 4.40. The summed E-state index contributed by atoms with van der Waals surface area (Å²) in [6.45, 7) is 0. The van der Waals surface area contributed by atoms with Gasteiger partial charge < -0.3 is 0 Å². The number of allylic oxidation sites excluding steroid dienone is 2. The van der Waals surface area contributed by atoms with Crippen molar-refractivity contribution in [3.05, 3.63) is 18.1 Å². The number of hydrogen-bond donors (Lipinski definition) is 0. The van der Waals surface area contributed by atoms with Crippen molar-refractivity contribution in [2.24, 2.45) is 0 Å². The summed E-state index contributed by atoms with van der Waals surface area (Å²) in [4.78, 5) is 0. The van der Waals surface area contributed by atoms with Crippen LogP contribution in [0.25, 0.3) is 0 Å². The highest BCUT2D eigenvalue weighted by molar-refractivity contribution is 5.17. The highest BCUT2D eigenvalue weighted by Crippen LogP contribution is 2.22. The average molecular weight is 117 g/mol. The van der Waals surface area contributed by atoms with E-state index in [2.05, 4.69) is 0 Å². The highest BCUT2D eigenvalue weighted by atomic mass is 19.3. The van der Waals surface area contributed by atoms with Crippen LogP contribution >= 0.6 is 0 Å². The van der Waals surface area contributed by atoms with Crippen LogP contribution in [-0.4, -0.2) is 6.43 Å². The van der Waals surface area contributed by atoms with Gasteiger partial charge in [0.05, 0.1) is 0 Å². The van der Waals surface area contributed by atoms with Crippen LogP contribution in [0.2, 0.25) is 0 Å². The maximum absolute atomic E-state index is 11.7. The van der Waals surface area contributed by atoms with E-state index >= 15 is 0 Å². The van der Waals surface area contributed by atoms with E-state index in [0.717, 1.165) is 6.42 Å². The number of hydrogen-bond acceptors (Lipinski definition) is 0. The van der Waals surface area contributed by atoms with Gasteiger partial charge in [0.25, 0.3) is 6.43 Å². The summed E-state index contributed by atoms with van der Waals surface area (Å²) in [6.07, 6.45) is 2.41. The molecule has 0 fully saturated rings. The molecular weight excluding hydrogens is 110 g/mol. The van der Waals surface area contributed by atoms with Crippen molar-refractivity contribution >= 4 is 0 Å². The minimum atomic E-state index is -2.23. The van der Waals surface area contributed by atoms with Gasteiger partial charge in [0.15, 0.2) is 0 Å². The first-order chi connectivity index (χ1) is 3.80. The molecular formula is C6H7F2. The van der Waals surface area contributed by atoms with Crippen molar-refractivity contribution in [2.45, 2.75) is 19.3 Å². The first-order valence-electron chi connectivity index (χ1n) is 2.61. The molecule has 1 radical (unpaired) electrons. The second-order valence-electron chi connectivity index (χ2n) is 1.82. The molecule has 0 heterocycles. The van der Waals surface area contributed by atoms with Crippen LogP contribution < -0.4 is 0 Å². The molecule has 0 bridgehead atoms. The molecule has 0 aliphatic heterocycles. The Labute approximate surface area is 47.2 Å². The van der Waals surface area contributed by atoms with Crippen molar-refractivity contribution in [2.75, 3.05) is 0 Å². The molecule has 8 heavy (non-hydrogen) atoms. The van der Waals surface area contributed by atoms with Crippen molar-refractivity contribution in [3.8, 4) is 0 Å². The monoisotopic (exact) mass is 117 g/mol. The maximum Gasteiger partial charge on any atom is 0.259 e. The molecule has 0 aromatic heterocycles.